The smallest absolute Gasteiger partial charge is 0.253 e. The lowest BCUT2D eigenvalue weighted by molar-refractivity contribution is 0.0761. The molecule has 0 saturated carbocycles. The molecular weight excluding hydrogens is 288 g/mol. The van der Waals surface area contributed by atoms with E-state index in [1.807, 2.05) is 30.3 Å². The van der Waals surface area contributed by atoms with Crippen LogP contribution in [0.2, 0.25) is 0 Å². The van der Waals surface area contributed by atoms with Crippen molar-refractivity contribution in [2.75, 3.05) is 19.6 Å². The van der Waals surface area contributed by atoms with Gasteiger partial charge in [0.05, 0.1) is 0 Å². The van der Waals surface area contributed by atoms with Crippen molar-refractivity contribution in [2.24, 2.45) is 5.73 Å². The van der Waals surface area contributed by atoms with Crippen LogP contribution in [0.4, 0.5) is 0 Å². The van der Waals surface area contributed by atoms with E-state index in [0.717, 1.165) is 6.42 Å². The lowest BCUT2D eigenvalue weighted by atomic mass is 10.1. The predicted octanol–water partition coefficient (Wildman–Crippen LogP) is 2.53. The molecule has 0 aliphatic rings. The van der Waals surface area contributed by atoms with Gasteiger partial charge in [-0.1, -0.05) is 42.5 Å². The molecule has 120 valence electrons. The second-order valence-corrected chi connectivity index (χ2v) is 5.45. The maximum atomic E-state index is 12.6. The van der Waals surface area contributed by atoms with E-state index < -0.39 is 0 Å². The van der Waals surface area contributed by atoms with Crippen molar-refractivity contribution in [2.45, 2.75) is 13.3 Å². The fraction of sp³-hybridized carbons (Fsp3) is 0.263. The fourth-order valence-electron chi connectivity index (χ4n) is 2.41. The number of hydrogen-bond acceptors (Lipinski definition) is 3. The van der Waals surface area contributed by atoms with Crippen LogP contribution in [0, 0.1) is 0 Å². The first-order valence-electron chi connectivity index (χ1n) is 7.76. The molecule has 0 atom stereocenters. The maximum absolute atomic E-state index is 12.6. The summed E-state index contributed by atoms with van der Waals surface area (Å²) in [6, 6.07) is 16.8. The van der Waals surface area contributed by atoms with Crippen molar-refractivity contribution in [3.05, 3.63) is 71.3 Å². The Balaban J connectivity index is 2.06. The summed E-state index contributed by atoms with van der Waals surface area (Å²) in [5.41, 5.74) is 8.02. The van der Waals surface area contributed by atoms with E-state index in [1.165, 1.54) is 12.5 Å². The Bertz CT molecular complexity index is 651. The van der Waals surface area contributed by atoms with Crippen LogP contribution in [0.1, 0.15) is 33.2 Å². The molecule has 2 aromatic carbocycles. The summed E-state index contributed by atoms with van der Waals surface area (Å²) < 4.78 is 0. The summed E-state index contributed by atoms with van der Waals surface area (Å²) >= 11 is 0. The molecule has 0 spiro atoms. The molecule has 0 aliphatic heterocycles. The summed E-state index contributed by atoms with van der Waals surface area (Å²) in [6.45, 7) is 3.07. The Morgan fingerprint density at radius 2 is 1.52 bits per heavy atom. The molecule has 0 aromatic heterocycles. The van der Waals surface area contributed by atoms with Gasteiger partial charge in [0.2, 0.25) is 0 Å². The SMILES string of the molecule is CC(=O)c1ccc(C(=O)N(CCN)CCc2ccccc2)cc1. The molecule has 0 heterocycles. The second kappa shape index (κ2) is 8.25. The lowest BCUT2D eigenvalue weighted by Crippen LogP contribution is -2.36. The van der Waals surface area contributed by atoms with Crippen LogP contribution in [-0.4, -0.2) is 36.2 Å². The van der Waals surface area contributed by atoms with Gasteiger partial charge < -0.3 is 10.6 Å². The lowest BCUT2D eigenvalue weighted by Gasteiger charge is -2.22. The van der Waals surface area contributed by atoms with Crippen molar-refractivity contribution in [3.63, 3.8) is 0 Å². The van der Waals surface area contributed by atoms with Crippen LogP contribution in [0.25, 0.3) is 0 Å². The number of amides is 1. The third-order valence-corrected chi connectivity index (χ3v) is 3.74. The Labute approximate surface area is 136 Å². The number of carbonyl (C=O) groups excluding carboxylic acids is 2. The van der Waals surface area contributed by atoms with E-state index in [4.69, 9.17) is 5.73 Å². The number of ketones is 1. The summed E-state index contributed by atoms with van der Waals surface area (Å²) in [5, 5.41) is 0. The number of nitrogens with two attached hydrogens (primary N) is 1. The van der Waals surface area contributed by atoms with E-state index in [9.17, 15) is 9.59 Å². The highest BCUT2D eigenvalue weighted by molar-refractivity contribution is 5.97. The van der Waals surface area contributed by atoms with Crippen molar-refractivity contribution in [1.82, 2.24) is 4.90 Å². The number of carbonyl (C=O) groups is 2. The number of benzene rings is 2. The first kappa shape index (κ1) is 16.9. The van der Waals surface area contributed by atoms with Gasteiger partial charge >= 0.3 is 0 Å². The molecule has 2 N–H and O–H groups in total. The summed E-state index contributed by atoms with van der Waals surface area (Å²) in [5.74, 6) is -0.0617. The third-order valence-electron chi connectivity index (χ3n) is 3.74. The van der Waals surface area contributed by atoms with Gasteiger partial charge in [-0.2, -0.15) is 0 Å². The zero-order chi connectivity index (χ0) is 16.7. The minimum absolute atomic E-state index is 0.00751. The van der Waals surface area contributed by atoms with E-state index in [2.05, 4.69) is 0 Å². The van der Waals surface area contributed by atoms with Crippen LogP contribution in [0.5, 0.6) is 0 Å². The van der Waals surface area contributed by atoms with Crippen LogP contribution >= 0.6 is 0 Å². The van der Waals surface area contributed by atoms with Gasteiger partial charge in [0, 0.05) is 30.8 Å². The molecular formula is C19H22N2O2. The third kappa shape index (κ3) is 4.76. The Hall–Kier alpha value is -2.46. The molecule has 4 nitrogen and oxygen atoms in total. The standard InChI is InChI=1S/C19H22N2O2/c1-15(22)17-7-9-18(10-8-17)19(23)21(14-12-20)13-11-16-5-3-2-4-6-16/h2-10H,11-14,20H2,1H3. The summed E-state index contributed by atoms with van der Waals surface area (Å²) in [6.07, 6.45) is 0.790. The Morgan fingerprint density at radius 3 is 2.09 bits per heavy atom. The van der Waals surface area contributed by atoms with Crippen LogP contribution in [0.3, 0.4) is 0 Å². The van der Waals surface area contributed by atoms with Gasteiger partial charge in [-0.25, -0.2) is 0 Å². The van der Waals surface area contributed by atoms with Gasteiger partial charge in [-0.3, -0.25) is 9.59 Å². The highest BCUT2D eigenvalue weighted by atomic mass is 16.2. The number of Topliss-reactive ketones (excluding diaryl/α,β-unsaturated/α-hetero) is 1. The minimum atomic E-state index is -0.0542. The summed E-state index contributed by atoms with van der Waals surface area (Å²) in [7, 11) is 0. The van der Waals surface area contributed by atoms with Crippen LogP contribution in [0.15, 0.2) is 54.6 Å². The normalized spacial score (nSPS) is 10.3. The number of nitrogens with zero attached hydrogens (tertiary/aromatic N) is 1. The van der Waals surface area contributed by atoms with Crippen LogP contribution in [-0.2, 0) is 6.42 Å². The monoisotopic (exact) mass is 310 g/mol. The van der Waals surface area contributed by atoms with Crippen molar-refractivity contribution in [3.8, 4) is 0 Å². The topological polar surface area (TPSA) is 63.4 Å². The molecule has 2 rings (SSSR count). The summed E-state index contributed by atoms with van der Waals surface area (Å²) in [4.78, 5) is 25.7. The van der Waals surface area contributed by atoms with Gasteiger partial charge in [-0.05, 0) is 31.0 Å². The first-order valence-corrected chi connectivity index (χ1v) is 7.76. The van der Waals surface area contributed by atoms with Gasteiger partial charge in [0.15, 0.2) is 5.78 Å². The highest BCUT2D eigenvalue weighted by Gasteiger charge is 2.15. The zero-order valence-electron chi connectivity index (χ0n) is 13.4. The maximum Gasteiger partial charge on any atom is 0.253 e. The quantitative estimate of drug-likeness (QED) is 0.799. The number of rotatable bonds is 7. The van der Waals surface area contributed by atoms with Crippen molar-refractivity contribution < 1.29 is 9.59 Å². The zero-order valence-corrected chi connectivity index (χ0v) is 13.4. The largest absolute Gasteiger partial charge is 0.337 e. The molecule has 0 saturated heterocycles. The van der Waals surface area contributed by atoms with E-state index >= 15 is 0 Å². The molecule has 23 heavy (non-hydrogen) atoms. The average Bonchev–Trinajstić information content (AvgIpc) is 2.59. The van der Waals surface area contributed by atoms with E-state index in [1.54, 1.807) is 29.2 Å². The molecule has 0 fully saturated rings. The first-order chi connectivity index (χ1) is 11.1. The van der Waals surface area contributed by atoms with Gasteiger partial charge in [0.25, 0.3) is 5.91 Å². The van der Waals surface area contributed by atoms with Gasteiger partial charge in [-0.15, -0.1) is 0 Å². The van der Waals surface area contributed by atoms with Crippen molar-refractivity contribution >= 4 is 11.7 Å². The molecule has 0 radical (unpaired) electrons. The van der Waals surface area contributed by atoms with Crippen molar-refractivity contribution in [1.29, 1.82) is 0 Å². The Kier molecular flexibility index (Phi) is 6.06. The van der Waals surface area contributed by atoms with E-state index in [0.29, 0.717) is 30.8 Å². The minimum Gasteiger partial charge on any atom is -0.337 e. The van der Waals surface area contributed by atoms with Crippen LogP contribution < -0.4 is 5.73 Å². The highest BCUT2D eigenvalue weighted by Crippen LogP contribution is 2.10. The Morgan fingerprint density at radius 1 is 0.913 bits per heavy atom. The number of hydrogen-bond donors (Lipinski definition) is 1. The molecule has 0 unspecified atom stereocenters. The molecule has 1 amide bonds. The fourth-order valence-corrected chi connectivity index (χ4v) is 2.41. The molecule has 2 aromatic rings. The average molecular weight is 310 g/mol. The molecule has 0 aliphatic carbocycles. The predicted molar refractivity (Wildman–Crippen MR) is 91.6 cm³/mol. The van der Waals surface area contributed by atoms with E-state index in [-0.39, 0.29) is 11.7 Å². The molecule has 4 heteroatoms. The molecule has 0 bridgehead atoms. The van der Waals surface area contributed by atoms with Gasteiger partial charge in [0.1, 0.15) is 0 Å². The second-order valence-electron chi connectivity index (χ2n) is 5.45.